The number of rotatable bonds is 7. The van der Waals surface area contributed by atoms with E-state index in [-0.39, 0.29) is 11.4 Å². The fourth-order valence-electron chi connectivity index (χ4n) is 4.33. The number of aryl methyl sites for hydroxylation is 1. The Hall–Kier alpha value is -1.74. The number of ether oxygens (including phenoxy) is 1. The van der Waals surface area contributed by atoms with Crippen molar-refractivity contribution in [2.24, 2.45) is 5.41 Å². The summed E-state index contributed by atoms with van der Waals surface area (Å²) in [5.41, 5.74) is 0.635. The lowest BCUT2D eigenvalue weighted by Crippen LogP contribution is -2.45. The molecular weight excluding hydrogens is 486 g/mol. The van der Waals surface area contributed by atoms with Crippen molar-refractivity contribution in [1.29, 1.82) is 0 Å². The molecule has 0 aromatic heterocycles. The molecule has 2 aromatic carbocycles. The predicted octanol–water partition coefficient (Wildman–Crippen LogP) is 5.68. The van der Waals surface area contributed by atoms with Crippen LogP contribution in [-0.2, 0) is 19.6 Å². The highest BCUT2D eigenvalue weighted by atomic mass is 32.2. The Morgan fingerprint density at radius 2 is 1.74 bits per heavy atom. The summed E-state index contributed by atoms with van der Waals surface area (Å²) in [4.78, 5) is 14.2. The second-order valence-electron chi connectivity index (χ2n) is 9.46. The van der Waals surface area contributed by atoms with E-state index >= 15 is 0 Å². The van der Waals surface area contributed by atoms with E-state index in [9.17, 15) is 13.2 Å². The van der Waals surface area contributed by atoms with E-state index in [1.54, 1.807) is 24.3 Å². The molecule has 2 aromatic rings. The highest BCUT2D eigenvalue weighted by molar-refractivity contribution is 8.01. The second-order valence-corrected chi connectivity index (χ2v) is 12.9. The number of hydrogen-bond donors (Lipinski definition) is 0. The van der Waals surface area contributed by atoms with Crippen molar-refractivity contribution in [3.8, 4) is 0 Å². The number of carbonyl (C=O) groups is 1. The van der Waals surface area contributed by atoms with Crippen molar-refractivity contribution >= 4 is 39.5 Å². The first kappa shape index (κ1) is 26.9. The average Bonchev–Trinajstić information content (AvgIpc) is 3.10. The molecule has 1 fully saturated rings. The van der Waals surface area contributed by atoms with Gasteiger partial charge in [-0.3, -0.25) is 4.79 Å². The number of carbonyl (C=O) groups excluding carboxylic acids is 1. The zero-order chi connectivity index (χ0) is 25.1. The molecule has 0 radical (unpaired) electrons. The molecule has 34 heavy (non-hydrogen) atoms. The third-order valence-corrected chi connectivity index (χ3v) is 8.88. The van der Waals surface area contributed by atoms with Crippen molar-refractivity contribution in [2.75, 3.05) is 24.8 Å². The molecule has 184 valence electrons. The summed E-state index contributed by atoms with van der Waals surface area (Å²) < 4.78 is 35.5. The van der Waals surface area contributed by atoms with Crippen molar-refractivity contribution in [3.05, 3.63) is 76.7 Å². The fourth-order valence-corrected chi connectivity index (χ4v) is 7.46. The summed E-state index contributed by atoms with van der Waals surface area (Å²) in [6.45, 7) is 7.55. The highest BCUT2D eigenvalue weighted by Crippen LogP contribution is 2.55. The van der Waals surface area contributed by atoms with Crippen LogP contribution in [0.25, 0.3) is 0 Å². The largest absolute Gasteiger partial charge is 0.459 e. The molecule has 0 bridgehead atoms. The Kier molecular flexibility index (Phi) is 8.28. The Labute approximate surface area is 212 Å². The molecule has 5 nitrogen and oxygen atoms in total. The summed E-state index contributed by atoms with van der Waals surface area (Å²) in [5.74, 6) is -0.00143. The van der Waals surface area contributed by atoms with Crippen molar-refractivity contribution in [1.82, 2.24) is 4.31 Å². The summed E-state index contributed by atoms with van der Waals surface area (Å²) in [6, 6.07) is 15.5. The van der Waals surface area contributed by atoms with Gasteiger partial charge in [0, 0.05) is 12.3 Å². The summed E-state index contributed by atoms with van der Waals surface area (Å²) in [7, 11) is -3.90. The molecular formula is C26H33NO4S3. The maximum Gasteiger partial charge on any atom is 0.319 e. The van der Waals surface area contributed by atoms with Crippen molar-refractivity contribution < 1.29 is 17.9 Å². The maximum atomic E-state index is 14.0. The maximum absolute atomic E-state index is 14.0. The molecule has 1 aliphatic rings. The number of nitrogens with zero attached hydrogens (tertiary/aromatic N) is 1. The quantitative estimate of drug-likeness (QED) is 0.439. The van der Waals surface area contributed by atoms with Crippen LogP contribution >= 0.6 is 23.5 Å². The first-order chi connectivity index (χ1) is 16.0. The van der Waals surface area contributed by atoms with Gasteiger partial charge in [-0.15, -0.1) is 11.8 Å². The van der Waals surface area contributed by atoms with Crippen LogP contribution in [0.4, 0.5) is 0 Å². The van der Waals surface area contributed by atoms with Crippen molar-refractivity contribution in [3.63, 3.8) is 0 Å². The summed E-state index contributed by atoms with van der Waals surface area (Å²) >= 11 is 2.99. The molecule has 8 heteroatoms. The standard InChI is InChI=1S/C26H33NO4S3/c1-19-12-14-22(15-13-19)34(29,30)27-16-21(17-32-5)26(18-33-6,24(28)31-25(2,3)4)23(27)20-10-8-7-9-11-20/h7-15,17,23H,16,18H2,1-6H3/b21-17+/t23-,26-/m0/s1. The Balaban J connectivity index is 2.30. The molecule has 0 N–H and O–H groups in total. The molecule has 1 saturated heterocycles. The molecule has 0 amide bonds. The van der Waals surface area contributed by atoms with E-state index in [4.69, 9.17) is 4.74 Å². The minimum atomic E-state index is -3.90. The van der Waals surface area contributed by atoms with Gasteiger partial charge in [0.15, 0.2) is 0 Å². The van der Waals surface area contributed by atoms with Gasteiger partial charge in [-0.05, 0) is 68.9 Å². The predicted molar refractivity (Wildman–Crippen MR) is 143 cm³/mol. The smallest absolute Gasteiger partial charge is 0.319 e. The summed E-state index contributed by atoms with van der Waals surface area (Å²) in [6.07, 6.45) is 3.85. The van der Waals surface area contributed by atoms with E-state index in [1.165, 1.54) is 27.8 Å². The molecule has 1 aliphatic heterocycles. The first-order valence-corrected chi connectivity index (χ1v) is 15.2. The van der Waals surface area contributed by atoms with E-state index < -0.39 is 33.1 Å². The monoisotopic (exact) mass is 519 g/mol. The van der Waals surface area contributed by atoms with Crippen molar-refractivity contribution in [2.45, 2.75) is 44.2 Å². The number of thioether (sulfide) groups is 2. The topological polar surface area (TPSA) is 63.7 Å². The number of benzene rings is 2. The zero-order valence-electron chi connectivity index (χ0n) is 20.6. The van der Waals surface area contributed by atoms with Crippen LogP contribution < -0.4 is 0 Å². The van der Waals surface area contributed by atoms with Gasteiger partial charge in [-0.2, -0.15) is 16.1 Å². The molecule has 2 atom stereocenters. The van der Waals surface area contributed by atoms with Crippen LogP contribution in [-0.4, -0.2) is 49.1 Å². The van der Waals surface area contributed by atoms with E-state index in [0.717, 1.165) is 16.7 Å². The Bertz CT molecular complexity index is 1140. The Morgan fingerprint density at radius 1 is 1.12 bits per heavy atom. The zero-order valence-corrected chi connectivity index (χ0v) is 23.0. The third-order valence-electron chi connectivity index (χ3n) is 5.79. The van der Waals surface area contributed by atoms with Gasteiger partial charge in [0.25, 0.3) is 0 Å². The van der Waals surface area contributed by atoms with Gasteiger partial charge in [0.1, 0.15) is 11.0 Å². The van der Waals surface area contributed by atoms with Gasteiger partial charge in [0.05, 0.1) is 10.9 Å². The van der Waals surface area contributed by atoms with Crippen LogP contribution in [0.1, 0.15) is 37.9 Å². The normalized spacial score (nSPS) is 22.8. The minimum absolute atomic E-state index is 0.121. The SMILES string of the molecule is CS/C=C1\CN(S(=O)(=O)c2ccc(C)cc2)[C@@H](c2ccccc2)[C@@]1(CSC)C(=O)OC(C)(C)C. The molecule has 1 heterocycles. The van der Waals surface area contributed by atoms with Crippen LogP contribution in [0, 0.1) is 12.3 Å². The van der Waals surface area contributed by atoms with E-state index in [1.807, 2.05) is 75.9 Å². The average molecular weight is 520 g/mol. The number of hydrogen-bond acceptors (Lipinski definition) is 6. The first-order valence-electron chi connectivity index (χ1n) is 11.1. The Morgan fingerprint density at radius 3 is 2.26 bits per heavy atom. The van der Waals surface area contributed by atoms with Gasteiger partial charge in [-0.25, -0.2) is 8.42 Å². The highest BCUT2D eigenvalue weighted by Gasteiger charge is 2.60. The number of esters is 1. The molecule has 0 saturated carbocycles. The van der Waals surface area contributed by atoms with E-state index in [2.05, 4.69) is 0 Å². The van der Waals surface area contributed by atoms with E-state index in [0.29, 0.717) is 5.75 Å². The molecule has 0 unspecified atom stereocenters. The van der Waals surface area contributed by atoms with Gasteiger partial charge in [0.2, 0.25) is 10.0 Å². The van der Waals surface area contributed by atoms with Crippen LogP contribution in [0.2, 0.25) is 0 Å². The van der Waals surface area contributed by atoms with Crippen LogP contribution in [0.15, 0.2) is 70.5 Å². The summed E-state index contributed by atoms with van der Waals surface area (Å²) in [5, 5.41) is 1.92. The van der Waals surface area contributed by atoms with Gasteiger partial charge >= 0.3 is 5.97 Å². The molecule has 3 rings (SSSR count). The van der Waals surface area contributed by atoms with Crippen LogP contribution in [0.5, 0.6) is 0 Å². The second kappa shape index (κ2) is 10.5. The van der Waals surface area contributed by atoms with Gasteiger partial charge in [-0.1, -0.05) is 48.0 Å². The minimum Gasteiger partial charge on any atom is -0.459 e. The van der Waals surface area contributed by atoms with Gasteiger partial charge < -0.3 is 4.74 Å². The fraction of sp³-hybridized carbons (Fsp3) is 0.423. The molecule has 0 aliphatic carbocycles. The lowest BCUT2D eigenvalue weighted by atomic mass is 9.76. The number of sulfonamides is 1. The lowest BCUT2D eigenvalue weighted by molar-refractivity contribution is -0.165. The lowest BCUT2D eigenvalue weighted by Gasteiger charge is -2.38. The van der Waals surface area contributed by atoms with Crippen LogP contribution in [0.3, 0.4) is 0 Å². The molecule has 0 spiro atoms. The third kappa shape index (κ3) is 5.25.